The van der Waals surface area contributed by atoms with E-state index in [1.807, 2.05) is 0 Å². The molecule has 1 amide bonds. The highest BCUT2D eigenvalue weighted by Crippen LogP contribution is 2.57. The van der Waals surface area contributed by atoms with Gasteiger partial charge >= 0.3 is 24.8 Å². The van der Waals surface area contributed by atoms with E-state index >= 15 is 0 Å². The molecular formula is C26H42N7O12PS. The Morgan fingerprint density at radius 3 is 2.38 bits per heavy atom. The van der Waals surface area contributed by atoms with Gasteiger partial charge in [0.2, 0.25) is 11.8 Å². The minimum Gasteiger partial charge on any atom is -0.479 e. The Morgan fingerprint density at radius 1 is 1.15 bits per heavy atom. The van der Waals surface area contributed by atoms with Gasteiger partial charge in [0, 0.05) is 5.75 Å². The van der Waals surface area contributed by atoms with Crippen LogP contribution in [0.15, 0.2) is 6.33 Å². The molecule has 3 heterocycles. The average Bonchev–Trinajstić information content (AvgIpc) is 3.49. The Morgan fingerprint density at radius 2 is 1.79 bits per heavy atom. The number of nitrogen functional groups attached to an aromatic ring is 1. The first-order valence-electron chi connectivity index (χ1n) is 14.4. The molecule has 0 aliphatic carbocycles. The number of amides is 1. The zero-order chi connectivity index (χ0) is 35.3. The van der Waals surface area contributed by atoms with Crippen molar-refractivity contribution in [2.75, 3.05) is 32.3 Å². The van der Waals surface area contributed by atoms with Crippen LogP contribution in [0.2, 0.25) is 0 Å². The SMILES string of the molecule is COC(=O)N[C@@H](CS[P@](=O)(N[C@H](C)C(=O)OC(C)C)OC[C@H]1O[C@@H](n2cnc3c(OC)nc(N)nc32)[C@](C)(O)[C@@H]1O)C(=O)OC(C)C. The molecule has 2 aromatic rings. The molecule has 6 N–H and O–H groups in total. The summed E-state index contributed by atoms with van der Waals surface area (Å²) in [6.45, 7) is 4.44. The molecule has 19 nitrogen and oxygen atoms in total. The number of imidazole rings is 1. The molecule has 0 saturated carbocycles. The van der Waals surface area contributed by atoms with Crippen LogP contribution in [-0.4, -0.2) is 116 Å². The molecule has 264 valence electrons. The number of aliphatic hydroxyl groups is 2. The maximum absolute atomic E-state index is 14.2. The van der Waals surface area contributed by atoms with Gasteiger partial charge in [-0.1, -0.05) is 11.4 Å². The fourth-order valence-corrected chi connectivity index (χ4v) is 8.21. The van der Waals surface area contributed by atoms with Crippen LogP contribution >= 0.6 is 18.1 Å². The number of hydrogen-bond donors (Lipinski definition) is 5. The van der Waals surface area contributed by atoms with Crippen molar-refractivity contribution in [2.45, 2.75) is 89.9 Å². The van der Waals surface area contributed by atoms with Gasteiger partial charge in [0.25, 0.3) is 0 Å². The molecule has 0 unspecified atom stereocenters. The van der Waals surface area contributed by atoms with Crippen molar-refractivity contribution in [1.29, 1.82) is 0 Å². The maximum Gasteiger partial charge on any atom is 0.407 e. The molecule has 1 fully saturated rings. The number of esters is 2. The number of nitrogens with one attached hydrogen (secondary N) is 2. The van der Waals surface area contributed by atoms with Crippen LogP contribution in [0.4, 0.5) is 10.7 Å². The van der Waals surface area contributed by atoms with Gasteiger partial charge < -0.3 is 49.5 Å². The molecule has 0 radical (unpaired) electrons. The second-order valence-electron chi connectivity index (χ2n) is 11.2. The number of rotatable bonds is 15. The molecule has 1 aliphatic heterocycles. The quantitative estimate of drug-likeness (QED) is 0.0978. The Kier molecular flexibility index (Phi) is 12.8. The van der Waals surface area contributed by atoms with Crippen molar-refractivity contribution in [3.05, 3.63) is 6.33 Å². The van der Waals surface area contributed by atoms with Gasteiger partial charge in [0.15, 0.2) is 17.4 Å². The van der Waals surface area contributed by atoms with Gasteiger partial charge in [0.1, 0.15) is 29.9 Å². The van der Waals surface area contributed by atoms with Crippen molar-refractivity contribution >= 4 is 53.2 Å². The summed E-state index contributed by atoms with van der Waals surface area (Å²) in [5.41, 5.74) is 4.22. The number of aromatic nitrogens is 4. The molecule has 2 aromatic heterocycles. The lowest BCUT2D eigenvalue weighted by atomic mass is 9.96. The molecule has 3 rings (SSSR count). The first kappa shape index (κ1) is 38.2. The van der Waals surface area contributed by atoms with Gasteiger partial charge in [-0.25, -0.2) is 19.7 Å². The summed E-state index contributed by atoms with van der Waals surface area (Å²) in [7, 11) is 2.47. The average molecular weight is 708 g/mol. The number of ether oxygens (including phenoxy) is 5. The lowest BCUT2D eigenvalue weighted by molar-refractivity contribution is -0.150. The standard InChI is InChI=1S/C26H42N7O12PS/c1-12(2)43-21(35)14(5)32-46(39,47-10-15(29-25(37)41-8)22(36)44-13(3)4)42-9-16-18(34)26(6,38)23(45-16)33-11-28-17-19(33)30-24(27)31-20(17)40-7/h11-16,18,23,34,38H,9-10H2,1-8H3,(H,29,37)(H,32,39)(H2,27,30,31)/t14-,15+,16-,18-,23-,26-,46+/m1/s1. The number of alkyl carbamates (subject to hydrolysis) is 1. The highest BCUT2D eigenvalue weighted by Gasteiger charge is 2.54. The number of hydrogen-bond acceptors (Lipinski definition) is 17. The summed E-state index contributed by atoms with van der Waals surface area (Å²) in [4.78, 5) is 49.6. The third-order valence-electron chi connectivity index (χ3n) is 6.60. The summed E-state index contributed by atoms with van der Waals surface area (Å²) in [5.74, 6) is -1.98. The monoisotopic (exact) mass is 707 g/mol. The lowest BCUT2D eigenvalue weighted by Crippen LogP contribution is -2.45. The molecule has 0 spiro atoms. The Bertz CT molecular complexity index is 1480. The summed E-state index contributed by atoms with van der Waals surface area (Å²) < 4.78 is 47.5. The maximum atomic E-state index is 14.2. The van der Waals surface area contributed by atoms with Gasteiger partial charge in [-0.05, 0) is 41.5 Å². The summed E-state index contributed by atoms with van der Waals surface area (Å²) in [6, 6.07) is -2.49. The summed E-state index contributed by atoms with van der Waals surface area (Å²) >= 11 is 0.579. The zero-order valence-electron chi connectivity index (χ0n) is 27.2. The number of aliphatic hydroxyl groups excluding tert-OH is 1. The highest BCUT2D eigenvalue weighted by atomic mass is 32.7. The van der Waals surface area contributed by atoms with Crippen LogP contribution in [0.3, 0.4) is 0 Å². The molecule has 21 heteroatoms. The van der Waals surface area contributed by atoms with Crippen LogP contribution in [0, 0.1) is 0 Å². The van der Waals surface area contributed by atoms with Crippen LogP contribution in [0.1, 0.15) is 47.8 Å². The normalized spacial score (nSPS) is 23.7. The van der Waals surface area contributed by atoms with E-state index in [1.165, 1.54) is 31.9 Å². The van der Waals surface area contributed by atoms with E-state index in [9.17, 15) is 29.2 Å². The lowest BCUT2D eigenvalue weighted by Gasteiger charge is -2.27. The van der Waals surface area contributed by atoms with Crippen LogP contribution < -0.4 is 20.9 Å². The van der Waals surface area contributed by atoms with E-state index in [0.717, 1.165) is 7.11 Å². The third-order valence-corrected chi connectivity index (χ3v) is 10.7. The molecule has 1 saturated heterocycles. The Balaban J connectivity index is 1.86. The molecular weight excluding hydrogens is 665 g/mol. The minimum absolute atomic E-state index is 0.0794. The second kappa shape index (κ2) is 15.8. The predicted octanol–water partition coefficient (Wildman–Crippen LogP) is 0.890. The smallest absolute Gasteiger partial charge is 0.407 e. The first-order valence-corrected chi connectivity index (χ1v) is 17.7. The van der Waals surface area contributed by atoms with Crippen molar-refractivity contribution in [3.8, 4) is 5.88 Å². The largest absolute Gasteiger partial charge is 0.479 e. The zero-order valence-corrected chi connectivity index (χ0v) is 28.9. The predicted molar refractivity (Wildman–Crippen MR) is 167 cm³/mol. The topological polar surface area (TPSA) is 258 Å². The van der Waals surface area contributed by atoms with Gasteiger partial charge in [0.05, 0.1) is 39.4 Å². The first-order chi connectivity index (χ1) is 21.9. The van der Waals surface area contributed by atoms with Crippen molar-refractivity contribution in [3.63, 3.8) is 0 Å². The second-order valence-corrected chi connectivity index (χ2v) is 15.5. The van der Waals surface area contributed by atoms with Gasteiger partial charge in [-0.3, -0.25) is 13.9 Å². The number of carbonyl (C=O) groups is 3. The summed E-state index contributed by atoms with van der Waals surface area (Å²) in [6.07, 6.45) is -4.80. The van der Waals surface area contributed by atoms with Gasteiger partial charge in [-0.2, -0.15) is 9.97 Å². The molecule has 47 heavy (non-hydrogen) atoms. The van der Waals surface area contributed by atoms with Crippen molar-refractivity contribution in [1.82, 2.24) is 29.9 Å². The van der Waals surface area contributed by atoms with E-state index in [4.69, 9.17) is 29.2 Å². The number of nitrogens with zero attached hydrogens (tertiary/aromatic N) is 4. The fraction of sp³-hybridized carbons (Fsp3) is 0.692. The van der Waals surface area contributed by atoms with Crippen LogP contribution in [0.5, 0.6) is 5.88 Å². The van der Waals surface area contributed by atoms with Crippen LogP contribution in [0.25, 0.3) is 11.2 Å². The highest BCUT2D eigenvalue weighted by molar-refractivity contribution is 8.56. The minimum atomic E-state index is -4.19. The number of nitrogens with two attached hydrogens (primary N) is 1. The van der Waals surface area contributed by atoms with E-state index in [-0.39, 0.29) is 28.7 Å². The van der Waals surface area contributed by atoms with E-state index in [1.54, 1.807) is 27.7 Å². The number of methoxy groups -OCH3 is 2. The van der Waals surface area contributed by atoms with Crippen molar-refractivity contribution < 1.29 is 57.4 Å². The number of carbonyl (C=O) groups excluding carboxylic acids is 3. The molecule has 0 aromatic carbocycles. The van der Waals surface area contributed by atoms with E-state index in [2.05, 4.69) is 30.1 Å². The fourth-order valence-electron chi connectivity index (χ4n) is 4.36. The molecule has 7 atom stereocenters. The Hall–Kier alpha value is -3.26. The number of fused-ring (bicyclic) bond motifs is 1. The van der Waals surface area contributed by atoms with E-state index in [0.29, 0.717) is 11.4 Å². The van der Waals surface area contributed by atoms with Crippen LogP contribution in [-0.2, 0) is 37.6 Å². The third kappa shape index (κ3) is 9.43. The summed E-state index contributed by atoms with van der Waals surface area (Å²) in [5, 5.41) is 27.4. The van der Waals surface area contributed by atoms with Gasteiger partial charge in [-0.15, -0.1) is 0 Å². The molecule has 1 aliphatic rings. The van der Waals surface area contributed by atoms with E-state index < -0.39 is 79.7 Å². The van der Waals surface area contributed by atoms with Crippen molar-refractivity contribution in [2.24, 2.45) is 0 Å². The number of anilines is 1. The Labute approximate surface area is 274 Å². The molecule has 0 bridgehead atoms.